The lowest BCUT2D eigenvalue weighted by molar-refractivity contribution is -0.137. The highest BCUT2D eigenvalue weighted by molar-refractivity contribution is 7.86. The van der Waals surface area contributed by atoms with Crippen LogP contribution >= 0.6 is 7.92 Å². The van der Waals surface area contributed by atoms with E-state index in [-0.39, 0.29) is 0 Å². The molecular weight excluding hydrogens is 465 g/mol. The normalized spacial score (nSPS) is 12.3. The number of hydrogen-bond donors (Lipinski definition) is 0. The third kappa shape index (κ3) is 7.05. The molecule has 0 heterocycles. The summed E-state index contributed by atoms with van der Waals surface area (Å²) in [5, 5.41) is 3.26. The van der Waals surface area contributed by atoms with Gasteiger partial charge in [-0.15, -0.1) is 0 Å². The average Bonchev–Trinajstić information content (AvgIpc) is 2.69. The summed E-state index contributed by atoms with van der Waals surface area (Å²) in [6, 6.07) is 25.5. The Morgan fingerprint density at radius 2 is 0.935 bits per heavy atom. The molecule has 3 rings (SSSR count). The number of benzene rings is 3. The van der Waals surface area contributed by atoms with Gasteiger partial charge in [-0.25, -0.2) is 8.42 Å². The molecule has 0 saturated carbocycles. The monoisotopic (exact) mass is 480 g/mol. The number of hydrogen-bond acceptors (Lipinski definition) is 3. The number of rotatable bonds is 3. The molecule has 0 bridgehead atoms. The molecule has 0 aliphatic carbocycles. The van der Waals surface area contributed by atoms with Crippen LogP contribution in [0.5, 0.6) is 0 Å². The molecule has 3 nitrogen and oxygen atoms in total. The quantitative estimate of drug-likeness (QED) is 0.244. The predicted octanol–water partition coefficient (Wildman–Crippen LogP) is 4.25. The van der Waals surface area contributed by atoms with Crippen LogP contribution in [-0.2, 0) is 16.3 Å². The summed E-state index contributed by atoms with van der Waals surface area (Å²) in [6.45, 7) is 0. The van der Waals surface area contributed by atoms with Crippen molar-refractivity contribution >= 4 is 34.0 Å². The van der Waals surface area contributed by atoms with Crippen molar-refractivity contribution in [2.45, 2.75) is 11.7 Å². The molecule has 3 aromatic carbocycles. The van der Waals surface area contributed by atoms with Crippen LogP contribution in [0.1, 0.15) is 5.56 Å². The molecule has 0 fully saturated rings. The summed E-state index contributed by atoms with van der Waals surface area (Å²) in [6.07, 6.45) is -4.30. The predicted molar refractivity (Wildman–Crippen MR) is 107 cm³/mol. The van der Waals surface area contributed by atoms with Gasteiger partial charge in [0.05, 0.1) is 13.5 Å². The molecule has 166 valence electrons. The zero-order valence-corrected chi connectivity index (χ0v) is 17.3. The van der Waals surface area contributed by atoms with Crippen molar-refractivity contribution < 1.29 is 39.3 Å². The zero-order chi connectivity index (χ0) is 23.3. The second-order valence-electron chi connectivity index (χ2n) is 6.08. The van der Waals surface area contributed by atoms with E-state index >= 15 is 0 Å². The highest BCUT2D eigenvalue weighted by Crippen LogP contribution is 2.34. The van der Waals surface area contributed by atoms with Crippen molar-refractivity contribution in [2.75, 3.05) is 0 Å². The van der Waals surface area contributed by atoms with Crippen LogP contribution in [0.3, 0.4) is 0 Å². The fourth-order valence-electron chi connectivity index (χ4n) is 2.54. The minimum Gasteiger partial charge on any atom is -0.741 e. The summed E-state index contributed by atoms with van der Waals surface area (Å²) in [4.78, 5) is 0. The molecule has 0 N–H and O–H groups in total. The van der Waals surface area contributed by atoms with Gasteiger partial charge < -0.3 is 4.55 Å². The Hall–Kier alpha value is -2.42. The summed E-state index contributed by atoms with van der Waals surface area (Å²) in [5.74, 6) is 0. The Bertz CT molecular complexity index is 1030. The van der Waals surface area contributed by atoms with Crippen LogP contribution in [0.2, 0.25) is 0 Å². The van der Waals surface area contributed by atoms with Gasteiger partial charge in [-0.1, -0.05) is 36.4 Å². The number of halogens is 6. The lowest BCUT2D eigenvalue weighted by Gasteiger charge is -2.12. The molecule has 3 aromatic rings. The fraction of sp³-hybridized carbons (Fsp3) is 0.100. The second-order valence-corrected chi connectivity index (χ2v) is 9.94. The number of alkyl halides is 6. The fourth-order valence-corrected chi connectivity index (χ4v) is 5.09. The van der Waals surface area contributed by atoms with Crippen LogP contribution in [0, 0.1) is 0 Å². The Labute approximate surface area is 175 Å². The first-order valence-corrected chi connectivity index (χ1v) is 11.4. The van der Waals surface area contributed by atoms with Crippen molar-refractivity contribution in [2.24, 2.45) is 0 Å². The standard InChI is InChI=1S/C19H14F3P.CHF3O3S/c20-19(21,22)15-11-13-18(14-12-15)23(16-7-3-1-4-8-16)17-9-5-2-6-10-17;2-1(3,4)8(5,6)7/h1-14H;(H,5,6,7). The van der Waals surface area contributed by atoms with Crippen LogP contribution in [0.15, 0.2) is 84.9 Å². The van der Waals surface area contributed by atoms with Gasteiger partial charge in [0.15, 0.2) is 10.1 Å². The van der Waals surface area contributed by atoms with E-state index in [2.05, 4.69) is 0 Å². The molecule has 0 spiro atoms. The van der Waals surface area contributed by atoms with Gasteiger partial charge in [0.25, 0.3) is 0 Å². The van der Waals surface area contributed by atoms with Crippen molar-refractivity contribution in [3.8, 4) is 0 Å². The summed E-state index contributed by atoms with van der Waals surface area (Å²) in [5.41, 5.74) is -6.25. The minimum absolute atomic E-state index is 0.608. The summed E-state index contributed by atoms with van der Waals surface area (Å²) in [7, 11) is -7.40. The van der Waals surface area contributed by atoms with Crippen molar-refractivity contribution in [3.63, 3.8) is 0 Å². The lowest BCUT2D eigenvalue weighted by atomic mass is 10.2. The SMILES string of the molecule is FC(F)(F)c1ccc([PH+](c2ccccc2)c2ccccc2)cc1.O=S(=O)([O-])C(F)(F)F. The van der Waals surface area contributed by atoms with Gasteiger partial charge in [-0.05, 0) is 48.5 Å². The Balaban J connectivity index is 0.000000366. The van der Waals surface area contributed by atoms with E-state index < -0.39 is 35.3 Å². The molecule has 0 aliphatic rings. The molecule has 0 radical (unpaired) electrons. The van der Waals surface area contributed by atoms with E-state index in [1.54, 1.807) is 12.1 Å². The molecule has 0 unspecified atom stereocenters. The van der Waals surface area contributed by atoms with E-state index in [1.165, 1.54) is 12.1 Å². The maximum absolute atomic E-state index is 12.8. The average molecular weight is 480 g/mol. The van der Waals surface area contributed by atoms with E-state index in [0.717, 1.165) is 15.9 Å². The van der Waals surface area contributed by atoms with E-state index in [0.29, 0.717) is 0 Å². The van der Waals surface area contributed by atoms with Crippen molar-refractivity contribution in [1.82, 2.24) is 0 Å². The molecule has 0 aromatic heterocycles. The summed E-state index contributed by atoms with van der Waals surface area (Å²) >= 11 is 0. The maximum Gasteiger partial charge on any atom is 0.485 e. The molecule has 31 heavy (non-hydrogen) atoms. The smallest absolute Gasteiger partial charge is 0.485 e. The molecular formula is C20H15F6O3PS. The zero-order valence-electron chi connectivity index (χ0n) is 15.5. The Kier molecular flexibility index (Phi) is 7.86. The van der Waals surface area contributed by atoms with Gasteiger partial charge in [0.2, 0.25) is 0 Å². The highest BCUT2D eigenvalue weighted by Gasteiger charge is 2.37. The van der Waals surface area contributed by atoms with Gasteiger partial charge in [-0.3, -0.25) is 0 Å². The van der Waals surface area contributed by atoms with Crippen LogP contribution in [-0.4, -0.2) is 18.5 Å². The van der Waals surface area contributed by atoms with Crippen molar-refractivity contribution in [1.29, 1.82) is 0 Å². The Morgan fingerprint density at radius 3 is 1.23 bits per heavy atom. The van der Waals surface area contributed by atoms with E-state index in [4.69, 9.17) is 13.0 Å². The Morgan fingerprint density at radius 1 is 0.613 bits per heavy atom. The van der Waals surface area contributed by atoms with Gasteiger partial charge in [0, 0.05) is 0 Å². The van der Waals surface area contributed by atoms with Gasteiger partial charge in [0.1, 0.15) is 15.9 Å². The minimum atomic E-state index is -6.09. The van der Waals surface area contributed by atoms with Gasteiger partial charge >= 0.3 is 11.7 Å². The highest BCUT2D eigenvalue weighted by atomic mass is 32.2. The lowest BCUT2D eigenvalue weighted by Crippen LogP contribution is -2.21. The first-order chi connectivity index (χ1) is 14.3. The van der Waals surface area contributed by atoms with Crippen LogP contribution < -0.4 is 15.9 Å². The van der Waals surface area contributed by atoms with Crippen LogP contribution in [0.4, 0.5) is 26.3 Å². The first kappa shape index (κ1) is 24.8. The van der Waals surface area contributed by atoms with E-state index in [9.17, 15) is 26.3 Å². The van der Waals surface area contributed by atoms with Gasteiger partial charge in [-0.2, -0.15) is 26.3 Å². The van der Waals surface area contributed by atoms with Crippen molar-refractivity contribution in [3.05, 3.63) is 90.5 Å². The molecule has 0 aliphatic heterocycles. The third-order valence-corrected chi connectivity index (χ3v) is 7.21. The van der Waals surface area contributed by atoms with Crippen LogP contribution in [0.25, 0.3) is 0 Å². The molecule has 0 atom stereocenters. The maximum atomic E-state index is 12.8. The van der Waals surface area contributed by atoms with E-state index in [1.807, 2.05) is 60.7 Å². The molecule has 11 heteroatoms. The molecule has 0 amide bonds. The first-order valence-electron chi connectivity index (χ1n) is 8.48. The summed E-state index contributed by atoms with van der Waals surface area (Å²) < 4.78 is 97.2. The second kappa shape index (κ2) is 9.80. The largest absolute Gasteiger partial charge is 0.741 e. The molecule has 0 saturated heterocycles. The topological polar surface area (TPSA) is 57.2 Å². The third-order valence-electron chi connectivity index (χ3n) is 3.91.